The molecule has 4 heterocycles. The van der Waals surface area contributed by atoms with Crippen LogP contribution in [0, 0.1) is 0 Å². The van der Waals surface area contributed by atoms with Crippen molar-refractivity contribution in [1.29, 1.82) is 0 Å². The maximum atomic E-state index is 13.0. The fourth-order valence-electron chi connectivity index (χ4n) is 3.25. The highest BCUT2D eigenvalue weighted by Crippen LogP contribution is 2.39. The molecule has 1 atom stereocenters. The maximum absolute atomic E-state index is 13.0. The van der Waals surface area contributed by atoms with Gasteiger partial charge in [0.15, 0.2) is 5.01 Å². The third-order valence-electron chi connectivity index (χ3n) is 4.42. The van der Waals surface area contributed by atoms with Crippen molar-refractivity contribution in [3.05, 3.63) is 62.5 Å². The molecular weight excluding hydrogens is 390 g/mol. The molecule has 9 heteroatoms. The topological polar surface area (TPSA) is 74.8 Å². The van der Waals surface area contributed by atoms with E-state index in [1.54, 1.807) is 23.9 Å². The Kier molecular flexibility index (Phi) is 3.77. The summed E-state index contributed by atoms with van der Waals surface area (Å²) in [6, 6.07) is 5.39. The predicted molar refractivity (Wildman–Crippen MR) is 102 cm³/mol. The molecule has 130 valence electrons. The van der Waals surface area contributed by atoms with E-state index in [0.717, 1.165) is 33.0 Å². The summed E-state index contributed by atoms with van der Waals surface area (Å²) in [6.45, 7) is 0.585. The summed E-state index contributed by atoms with van der Waals surface area (Å²) < 4.78 is 0.997. The summed E-state index contributed by atoms with van der Waals surface area (Å²) in [5.41, 5.74) is 2.65. The number of para-hydroxylation sites is 1. The van der Waals surface area contributed by atoms with Gasteiger partial charge in [-0.05, 0) is 12.1 Å². The van der Waals surface area contributed by atoms with Crippen LogP contribution in [0.4, 0.5) is 0 Å². The van der Waals surface area contributed by atoms with Crippen molar-refractivity contribution in [2.75, 3.05) is 6.54 Å². The molecule has 1 amide bonds. The second kappa shape index (κ2) is 6.15. The molecule has 0 bridgehead atoms. The summed E-state index contributed by atoms with van der Waals surface area (Å²) in [7, 11) is 0. The number of nitrogens with one attached hydrogen (secondary N) is 1. The summed E-state index contributed by atoms with van der Waals surface area (Å²) in [5, 5.41) is 3.71. The van der Waals surface area contributed by atoms with Crippen LogP contribution in [0.25, 0.3) is 10.2 Å². The lowest BCUT2D eigenvalue weighted by Crippen LogP contribution is -2.40. The van der Waals surface area contributed by atoms with Crippen LogP contribution < -0.4 is 0 Å². The molecule has 4 aromatic rings. The van der Waals surface area contributed by atoms with Gasteiger partial charge in [-0.25, -0.2) is 15.0 Å². The molecule has 0 aliphatic carbocycles. The van der Waals surface area contributed by atoms with Crippen molar-refractivity contribution < 1.29 is 4.79 Å². The van der Waals surface area contributed by atoms with Gasteiger partial charge < -0.3 is 9.88 Å². The van der Waals surface area contributed by atoms with Crippen molar-refractivity contribution in [2.45, 2.75) is 12.5 Å². The Labute approximate surface area is 161 Å². The lowest BCUT2D eigenvalue weighted by molar-refractivity contribution is 0.0690. The molecule has 0 unspecified atom stereocenters. The number of thiazole rings is 2. The van der Waals surface area contributed by atoms with Crippen LogP contribution in [0.5, 0.6) is 0 Å². The number of aromatic nitrogens is 4. The van der Waals surface area contributed by atoms with E-state index in [2.05, 4.69) is 15.0 Å². The summed E-state index contributed by atoms with van der Waals surface area (Å²) in [4.78, 5) is 31.5. The largest absolute Gasteiger partial charge is 0.348 e. The first kappa shape index (κ1) is 15.9. The van der Waals surface area contributed by atoms with Gasteiger partial charge in [0.05, 0.1) is 21.7 Å². The highest BCUT2D eigenvalue weighted by molar-refractivity contribution is 7.18. The third-order valence-corrected chi connectivity index (χ3v) is 6.56. The van der Waals surface area contributed by atoms with Gasteiger partial charge in [0.25, 0.3) is 5.91 Å². The van der Waals surface area contributed by atoms with Crippen LogP contribution in [0.3, 0.4) is 0 Å². The molecule has 6 nitrogen and oxygen atoms in total. The molecule has 0 spiro atoms. The predicted octanol–water partition coefficient (Wildman–Crippen LogP) is 3.92. The number of hydrogen-bond donors (Lipinski definition) is 1. The fraction of sp³-hybridized carbons (Fsp3) is 0.176. The Bertz CT molecular complexity index is 1100. The van der Waals surface area contributed by atoms with Crippen LogP contribution in [0.1, 0.15) is 32.2 Å². The molecule has 0 fully saturated rings. The second-order valence-corrected chi connectivity index (χ2v) is 8.26. The lowest BCUT2D eigenvalue weighted by atomic mass is 10.0. The molecule has 1 aliphatic heterocycles. The summed E-state index contributed by atoms with van der Waals surface area (Å²) in [6.07, 6.45) is 4.05. The van der Waals surface area contributed by atoms with E-state index < -0.39 is 0 Å². The standard InChI is InChI=1S/C17H12ClN5OS2/c18-9-2-1-3-11-12(9)22-15(26-11)14-13-10(20-8-21-13)4-6-23(14)17(24)16-19-5-7-25-16/h1-3,5,7-8,14H,4,6H2,(H,20,21)/t14-/m0/s1. The molecule has 0 radical (unpaired) electrons. The van der Waals surface area contributed by atoms with Crippen LogP contribution in [0.2, 0.25) is 5.02 Å². The molecule has 0 saturated carbocycles. The van der Waals surface area contributed by atoms with E-state index in [9.17, 15) is 4.79 Å². The Balaban J connectivity index is 1.66. The minimum Gasteiger partial charge on any atom is -0.348 e. The van der Waals surface area contributed by atoms with E-state index in [1.807, 2.05) is 28.5 Å². The zero-order valence-electron chi connectivity index (χ0n) is 13.3. The quantitative estimate of drug-likeness (QED) is 0.552. The Morgan fingerprint density at radius 3 is 3.08 bits per heavy atom. The third kappa shape index (κ3) is 2.45. The van der Waals surface area contributed by atoms with Crippen LogP contribution in [0.15, 0.2) is 36.1 Å². The number of nitrogens with zero attached hydrogens (tertiary/aromatic N) is 4. The number of halogens is 1. The van der Waals surface area contributed by atoms with Gasteiger partial charge in [0.2, 0.25) is 0 Å². The second-order valence-electron chi connectivity index (χ2n) is 5.89. The van der Waals surface area contributed by atoms with Crippen LogP contribution >= 0.6 is 34.3 Å². The molecule has 1 aromatic carbocycles. The van der Waals surface area contributed by atoms with E-state index in [1.165, 1.54) is 11.3 Å². The number of rotatable bonds is 2. The molecule has 26 heavy (non-hydrogen) atoms. The minimum absolute atomic E-state index is 0.0935. The molecule has 5 rings (SSSR count). The Hall–Kier alpha value is -2.29. The molecule has 3 aromatic heterocycles. The van der Waals surface area contributed by atoms with E-state index in [-0.39, 0.29) is 11.9 Å². The van der Waals surface area contributed by atoms with Gasteiger partial charge in [-0.1, -0.05) is 17.7 Å². The zero-order chi connectivity index (χ0) is 17.7. The van der Waals surface area contributed by atoms with Gasteiger partial charge >= 0.3 is 0 Å². The first-order valence-electron chi connectivity index (χ1n) is 8.00. The van der Waals surface area contributed by atoms with Crippen molar-refractivity contribution in [2.24, 2.45) is 0 Å². The fourth-order valence-corrected chi connectivity index (χ4v) is 5.22. The molecular formula is C17H12ClN5OS2. The summed E-state index contributed by atoms with van der Waals surface area (Å²) >= 11 is 9.19. The number of aromatic amines is 1. The van der Waals surface area contributed by atoms with Gasteiger partial charge in [-0.15, -0.1) is 22.7 Å². The number of carbonyl (C=O) groups is 1. The normalized spacial score (nSPS) is 16.8. The average Bonchev–Trinajstić information content (AvgIpc) is 3.39. The highest BCUT2D eigenvalue weighted by Gasteiger charge is 2.37. The van der Waals surface area contributed by atoms with Gasteiger partial charge in [0, 0.05) is 30.2 Å². The number of imidazole rings is 1. The van der Waals surface area contributed by atoms with E-state index in [4.69, 9.17) is 16.6 Å². The Morgan fingerprint density at radius 1 is 1.35 bits per heavy atom. The first-order chi connectivity index (χ1) is 12.7. The van der Waals surface area contributed by atoms with E-state index in [0.29, 0.717) is 16.6 Å². The molecule has 0 saturated heterocycles. The first-order valence-corrected chi connectivity index (χ1v) is 10.1. The number of benzene rings is 1. The van der Waals surface area contributed by atoms with Gasteiger partial charge in [-0.2, -0.15) is 0 Å². The molecule has 1 aliphatic rings. The molecule has 1 N–H and O–H groups in total. The van der Waals surface area contributed by atoms with Crippen molar-refractivity contribution >= 4 is 50.4 Å². The van der Waals surface area contributed by atoms with Crippen LogP contribution in [-0.4, -0.2) is 37.3 Å². The Morgan fingerprint density at radius 2 is 2.27 bits per heavy atom. The highest BCUT2D eigenvalue weighted by atomic mass is 35.5. The SMILES string of the molecule is O=C(c1nccs1)N1CCc2[nH]cnc2[C@H]1c1nc2c(Cl)cccc2s1. The van der Waals surface area contributed by atoms with Crippen molar-refractivity contribution in [3.8, 4) is 0 Å². The number of carbonyl (C=O) groups excluding carboxylic acids is 1. The van der Waals surface area contributed by atoms with Crippen molar-refractivity contribution in [3.63, 3.8) is 0 Å². The van der Waals surface area contributed by atoms with Crippen LogP contribution in [-0.2, 0) is 6.42 Å². The number of fused-ring (bicyclic) bond motifs is 2. The van der Waals surface area contributed by atoms with Gasteiger partial charge in [-0.3, -0.25) is 4.79 Å². The zero-order valence-corrected chi connectivity index (χ0v) is 15.7. The number of amides is 1. The average molecular weight is 402 g/mol. The smallest absolute Gasteiger partial charge is 0.283 e. The number of H-pyrrole nitrogens is 1. The number of hydrogen-bond acceptors (Lipinski definition) is 6. The minimum atomic E-state index is -0.338. The van der Waals surface area contributed by atoms with E-state index >= 15 is 0 Å². The maximum Gasteiger partial charge on any atom is 0.283 e. The van der Waals surface area contributed by atoms with Gasteiger partial charge in [0.1, 0.15) is 16.6 Å². The summed E-state index contributed by atoms with van der Waals surface area (Å²) in [5.74, 6) is -0.0935. The lowest BCUT2D eigenvalue weighted by Gasteiger charge is -2.33. The van der Waals surface area contributed by atoms with Crippen molar-refractivity contribution in [1.82, 2.24) is 24.8 Å². The monoisotopic (exact) mass is 401 g/mol.